The SMILES string of the molecule is Cc1cccc(=O)n1CCOc1cccc2ccccc12. The number of aromatic nitrogens is 1. The molecule has 0 saturated carbocycles. The van der Waals surface area contributed by atoms with E-state index in [9.17, 15) is 4.79 Å². The van der Waals surface area contributed by atoms with Gasteiger partial charge in [-0.05, 0) is 24.4 Å². The van der Waals surface area contributed by atoms with Gasteiger partial charge in [-0.1, -0.05) is 42.5 Å². The molecular weight excluding hydrogens is 262 g/mol. The molecule has 0 fully saturated rings. The molecule has 0 unspecified atom stereocenters. The molecule has 0 aliphatic rings. The summed E-state index contributed by atoms with van der Waals surface area (Å²) >= 11 is 0. The Morgan fingerprint density at radius 1 is 0.952 bits per heavy atom. The average molecular weight is 279 g/mol. The summed E-state index contributed by atoms with van der Waals surface area (Å²) in [5, 5.41) is 2.25. The molecule has 0 aliphatic heterocycles. The van der Waals surface area contributed by atoms with Crippen molar-refractivity contribution >= 4 is 10.8 Å². The number of aryl methyl sites for hydroxylation is 1. The summed E-state index contributed by atoms with van der Waals surface area (Å²) in [5.41, 5.74) is 0.959. The van der Waals surface area contributed by atoms with Crippen LogP contribution < -0.4 is 10.3 Å². The Balaban J connectivity index is 1.77. The van der Waals surface area contributed by atoms with Crippen molar-refractivity contribution in [2.45, 2.75) is 13.5 Å². The van der Waals surface area contributed by atoms with E-state index in [-0.39, 0.29) is 5.56 Å². The number of hydrogen-bond acceptors (Lipinski definition) is 2. The molecule has 0 spiro atoms. The first-order chi connectivity index (χ1) is 10.3. The predicted molar refractivity (Wildman–Crippen MR) is 84.9 cm³/mol. The van der Waals surface area contributed by atoms with Crippen LogP contribution in [0.5, 0.6) is 5.75 Å². The first-order valence-corrected chi connectivity index (χ1v) is 7.03. The molecule has 0 atom stereocenters. The molecule has 2 aromatic carbocycles. The molecule has 1 heterocycles. The Bertz CT molecular complexity index is 815. The van der Waals surface area contributed by atoms with Crippen molar-refractivity contribution < 1.29 is 4.74 Å². The fraction of sp³-hybridized carbons (Fsp3) is 0.167. The second kappa shape index (κ2) is 5.83. The number of fused-ring (bicyclic) bond motifs is 1. The Hall–Kier alpha value is -2.55. The van der Waals surface area contributed by atoms with E-state index in [1.807, 2.05) is 43.3 Å². The Morgan fingerprint density at radius 3 is 2.57 bits per heavy atom. The van der Waals surface area contributed by atoms with Crippen molar-refractivity contribution in [2.75, 3.05) is 6.61 Å². The van der Waals surface area contributed by atoms with Crippen molar-refractivity contribution in [3.05, 3.63) is 76.7 Å². The lowest BCUT2D eigenvalue weighted by Gasteiger charge is -2.12. The largest absolute Gasteiger partial charge is 0.491 e. The van der Waals surface area contributed by atoms with Crippen LogP contribution in [-0.4, -0.2) is 11.2 Å². The van der Waals surface area contributed by atoms with Gasteiger partial charge in [0.25, 0.3) is 5.56 Å². The van der Waals surface area contributed by atoms with E-state index in [1.54, 1.807) is 16.7 Å². The molecule has 3 heteroatoms. The monoisotopic (exact) mass is 279 g/mol. The predicted octanol–water partition coefficient (Wildman–Crippen LogP) is 3.39. The van der Waals surface area contributed by atoms with Crippen molar-refractivity contribution in [3.63, 3.8) is 0 Å². The first-order valence-electron chi connectivity index (χ1n) is 7.03. The Labute approximate surface area is 123 Å². The maximum Gasteiger partial charge on any atom is 0.250 e. The second-order valence-corrected chi connectivity index (χ2v) is 4.98. The zero-order valence-corrected chi connectivity index (χ0v) is 12.0. The summed E-state index contributed by atoms with van der Waals surface area (Å²) < 4.78 is 7.60. The molecular formula is C18H17NO2. The van der Waals surface area contributed by atoms with Crippen LogP contribution in [0.2, 0.25) is 0 Å². The van der Waals surface area contributed by atoms with Gasteiger partial charge in [0.2, 0.25) is 0 Å². The molecule has 0 bridgehead atoms. The molecule has 0 N–H and O–H groups in total. The number of pyridine rings is 1. The van der Waals surface area contributed by atoms with Crippen LogP contribution in [0.25, 0.3) is 10.8 Å². The Kier molecular flexibility index (Phi) is 3.73. The summed E-state index contributed by atoms with van der Waals surface area (Å²) in [6.07, 6.45) is 0. The normalized spacial score (nSPS) is 10.7. The van der Waals surface area contributed by atoms with Crippen LogP contribution in [-0.2, 0) is 6.54 Å². The molecule has 0 aliphatic carbocycles. The van der Waals surface area contributed by atoms with Gasteiger partial charge in [0.05, 0.1) is 6.54 Å². The number of hydrogen-bond donors (Lipinski definition) is 0. The summed E-state index contributed by atoms with van der Waals surface area (Å²) in [5.74, 6) is 0.856. The van der Waals surface area contributed by atoms with Gasteiger partial charge in [-0.2, -0.15) is 0 Å². The lowest BCUT2D eigenvalue weighted by molar-refractivity contribution is 0.298. The minimum absolute atomic E-state index is 0.0107. The highest BCUT2D eigenvalue weighted by atomic mass is 16.5. The van der Waals surface area contributed by atoms with Crippen LogP contribution in [0.1, 0.15) is 5.69 Å². The zero-order valence-electron chi connectivity index (χ0n) is 12.0. The van der Waals surface area contributed by atoms with Gasteiger partial charge in [-0.25, -0.2) is 0 Å². The van der Waals surface area contributed by atoms with Crippen molar-refractivity contribution in [3.8, 4) is 5.75 Å². The molecule has 3 nitrogen and oxygen atoms in total. The van der Waals surface area contributed by atoms with Gasteiger partial charge in [0, 0.05) is 17.1 Å². The summed E-state index contributed by atoms with van der Waals surface area (Å²) in [4.78, 5) is 11.8. The summed E-state index contributed by atoms with van der Waals surface area (Å²) in [7, 11) is 0. The van der Waals surface area contributed by atoms with E-state index >= 15 is 0 Å². The number of benzene rings is 2. The number of nitrogens with zero attached hydrogens (tertiary/aromatic N) is 1. The highest BCUT2D eigenvalue weighted by Crippen LogP contribution is 2.24. The van der Waals surface area contributed by atoms with Gasteiger partial charge >= 0.3 is 0 Å². The maximum absolute atomic E-state index is 11.8. The fourth-order valence-corrected chi connectivity index (χ4v) is 2.48. The zero-order chi connectivity index (χ0) is 14.7. The molecule has 0 radical (unpaired) electrons. The van der Waals surface area contributed by atoms with E-state index in [1.165, 1.54) is 0 Å². The smallest absolute Gasteiger partial charge is 0.250 e. The van der Waals surface area contributed by atoms with Crippen LogP contribution >= 0.6 is 0 Å². The maximum atomic E-state index is 11.8. The van der Waals surface area contributed by atoms with Crippen LogP contribution in [0.4, 0.5) is 0 Å². The third kappa shape index (κ3) is 2.82. The molecule has 0 amide bonds. The van der Waals surface area contributed by atoms with Gasteiger partial charge in [0.15, 0.2) is 0 Å². The quantitative estimate of drug-likeness (QED) is 0.733. The Morgan fingerprint density at radius 2 is 1.71 bits per heavy atom. The van der Waals surface area contributed by atoms with Crippen LogP contribution in [0, 0.1) is 6.92 Å². The third-order valence-corrected chi connectivity index (χ3v) is 3.59. The molecule has 21 heavy (non-hydrogen) atoms. The first kappa shape index (κ1) is 13.4. The van der Waals surface area contributed by atoms with E-state index < -0.39 is 0 Å². The van der Waals surface area contributed by atoms with Gasteiger partial charge in [-0.15, -0.1) is 0 Å². The van der Waals surface area contributed by atoms with Crippen molar-refractivity contribution in [1.82, 2.24) is 4.57 Å². The van der Waals surface area contributed by atoms with Crippen LogP contribution in [0.15, 0.2) is 65.5 Å². The topological polar surface area (TPSA) is 31.2 Å². The highest BCUT2D eigenvalue weighted by Gasteiger charge is 2.03. The summed E-state index contributed by atoms with van der Waals surface area (Å²) in [6, 6.07) is 19.4. The van der Waals surface area contributed by atoms with E-state index in [4.69, 9.17) is 4.74 Å². The van der Waals surface area contributed by atoms with Gasteiger partial charge < -0.3 is 9.30 Å². The molecule has 1 aromatic heterocycles. The van der Waals surface area contributed by atoms with Crippen LogP contribution in [0.3, 0.4) is 0 Å². The minimum Gasteiger partial charge on any atom is -0.491 e. The average Bonchev–Trinajstić information content (AvgIpc) is 2.50. The highest BCUT2D eigenvalue weighted by molar-refractivity contribution is 5.88. The van der Waals surface area contributed by atoms with Crippen molar-refractivity contribution in [2.24, 2.45) is 0 Å². The fourth-order valence-electron chi connectivity index (χ4n) is 2.48. The lowest BCUT2D eigenvalue weighted by atomic mass is 10.1. The molecule has 106 valence electrons. The van der Waals surface area contributed by atoms with E-state index in [0.29, 0.717) is 13.2 Å². The molecule has 3 aromatic rings. The van der Waals surface area contributed by atoms with Gasteiger partial charge in [-0.3, -0.25) is 4.79 Å². The van der Waals surface area contributed by atoms with E-state index in [2.05, 4.69) is 12.1 Å². The standard InChI is InChI=1S/C18H17NO2/c1-14-6-4-11-18(20)19(14)12-13-21-17-10-5-8-15-7-2-3-9-16(15)17/h2-11H,12-13H2,1H3. The molecule has 3 rings (SSSR count). The summed E-state index contributed by atoms with van der Waals surface area (Å²) in [6.45, 7) is 2.95. The number of ether oxygens (including phenoxy) is 1. The number of rotatable bonds is 4. The second-order valence-electron chi connectivity index (χ2n) is 4.98. The van der Waals surface area contributed by atoms with Gasteiger partial charge in [0.1, 0.15) is 12.4 Å². The van der Waals surface area contributed by atoms with Crippen molar-refractivity contribution in [1.29, 1.82) is 0 Å². The lowest BCUT2D eigenvalue weighted by Crippen LogP contribution is -2.23. The molecule has 0 saturated heterocycles. The minimum atomic E-state index is 0.0107. The van der Waals surface area contributed by atoms with E-state index in [0.717, 1.165) is 22.2 Å². The third-order valence-electron chi connectivity index (χ3n) is 3.59.